The molecule has 0 atom stereocenters. The van der Waals surface area contributed by atoms with Crippen molar-refractivity contribution in [3.05, 3.63) is 144 Å². The van der Waals surface area contributed by atoms with Crippen LogP contribution in [0.1, 0.15) is 32.0 Å². The first-order valence-corrected chi connectivity index (χ1v) is 10.8. The Morgan fingerprint density at radius 1 is 0.667 bits per heavy atom. The smallest absolute Gasteiger partial charge is 0.210 e. The number of carbonyl (C=O) groups is 2. The van der Waals surface area contributed by atoms with Gasteiger partial charge in [-0.3, -0.25) is 9.59 Å². The molecule has 0 saturated carbocycles. The number of ketones is 2. The van der Waals surface area contributed by atoms with Crippen LogP contribution in [0.15, 0.2) is 121 Å². The summed E-state index contributed by atoms with van der Waals surface area (Å²) in [6.07, 6.45) is 5.23. The molecule has 158 valence electrons. The number of hydrogen-bond acceptors (Lipinski definition) is 2. The second kappa shape index (κ2) is 8.93. The Morgan fingerprint density at radius 3 is 1.97 bits per heavy atom. The molecule has 0 fully saturated rings. The van der Waals surface area contributed by atoms with Crippen molar-refractivity contribution in [2.45, 2.75) is 0 Å². The van der Waals surface area contributed by atoms with E-state index in [0.717, 1.165) is 11.1 Å². The van der Waals surface area contributed by atoms with Crippen molar-refractivity contribution < 1.29 is 9.59 Å². The normalized spacial score (nSPS) is 11.2. The van der Waals surface area contributed by atoms with Crippen molar-refractivity contribution >= 4 is 23.2 Å². The monoisotopic (exact) mass is 427 g/mol. The number of nitrogens with zero attached hydrogens (tertiary/aromatic N) is 1. The SMILES string of the molecule is O=C(/C=C/c1ccccc1)c1c(-c2ccccc2)c(C(=O)c2ccccc2)n2ccccc12. The number of hydrogen-bond donors (Lipinski definition) is 0. The molecule has 33 heavy (non-hydrogen) atoms. The van der Waals surface area contributed by atoms with E-state index >= 15 is 0 Å². The summed E-state index contributed by atoms with van der Waals surface area (Å²) in [6, 6.07) is 34.2. The predicted molar refractivity (Wildman–Crippen MR) is 133 cm³/mol. The van der Waals surface area contributed by atoms with Gasteiger partial charge in [-0.05, 0) is 29.3 Å². The van der Waals surface area contributed by atoms with Crippen molar-refractivity contribution in [1.82, 2.24) is 4.40 Å². The van der Waals surface area contributed by atoms with Gasteiger partial charge in [-0.25, -0.2) is 0 Å². The molecule has 0 spiro atoms. The van der Waals surface area contributed by atoms with E-state index in [2.05, 4.69) is 0 Å². The van der Waals surface area contributed by atoms with Gasteiger partial charge >= 0.3 is 0 Å². The Morgan fingerprint density at radius 2 is 1.27 bits per heavy atom. The summed E-state index contributed by atoms with van der Waals surface area (Å²) in [6.45, 7) is 0. The second-order valence-electron chi connectivity index (χ2n) is 7.72. The van der Waals surface area contributed by atoms with Crippen LogP contribution in [0.2, 0.25) is 0 Å². The van der Waals surface area contributed by atoms with Crippen LogP contribution >= 0.6 is 0 Å². The molecule has 0 N–H and O–H groups in total. The lowest BCUT2D eigenvalue weighted by Crippen LogP contribution is -2.07. The Bertz CT molecular complexity index is 1460. The van der Waals surface area contributed by atoms with E-state index in [9.17, 15) is 9.59 Å². The highest BCUT2D eigenvalue weighted by molar-refractivity contribution is 6.22. The lowest BCUT2D eigenvalue weighted by atomic mass is 9.94. The van der Waals surface area contributed by atoms with Crippen LogP contribution in [0, 0.1) is 0 Å². The first-order valence-electron chi connectivity index (χ1n) is 10.8. The highest BCUT2D eigenvalue weighted by Crippen LogP contribution is 2.35. The Hall–Kier alpha value is -4.50. The summed E-state index contributed by atoms with van der Waals surface area (Å²) in [5.74, 6) is -0.268. The predicted octanol–water partition coefficient (Wildman–Crippen LogP) is 6.73. The summed E-state index contributed by atoms with van der Waals surface area (Å²) in [5, 5.41) is 0. The summed E-state index contributed by atoms with van der Waals surface area (Å²) in [4.78, 5) is 27.3. The Balaban J connectivity index is 1.76. The molecule has 0 aliphatic rings. The van der Waals surface area contributed by atoms with Crippen LogP contribution in [0.4, 0.5) is 0 Å². The van der Waals surface area contributed by atoms with Gasteiger partial charge in [-0.1, -0.05) is 103 Å². The molecule has 5 rings (SSSR count). The van der Waals surface area contributed by atoms with E-state index in [1.54, 1.807) is 18.2 Å². The molecular weight excluding hydrogens is 406 g/mol. The summed E-state index contributed by atoms with van der Waals surface area (Å²) < 4.78 is 1.83. The van der Waals surface area contributed by atoms with Crippen LogP contribution in [0.3, 0.4) is 0 Å². The molecule has 0 amide bonds. The second-order valence-corrected chi connectivity index (χ2v) is 7.72. The third-order valence-electron chi connectivity index (χ3n) is 5.63. The highest BCUT2D eigenvalue weighted by atomic mass is 16.1. The van der Waals surface area contributed by atoms with Gasteiger partial charge in [-0.2, -0.15) is 0 Å². The maximum absolute atomic E-state index is 13.7. The zero-order chi connectivity index (χ0) is 22.6. The van der Waals surface area contributed by atoms with Crippen LogP contribution in [-0.4, -0.2) is 16.0 Å². The maximum Gasteiger partial charge on any atom is 0.210 e. The maximum atomic E-state index is 13.7. The number of pyridine rings is 1. The number of allylic oxidation sites excluding steroid dienone is 1. The number of carbonyl (C=O) groups excluding carboxylic acids is 2. The Kier molecular flexibility index (Phi) is 5.52. The van der Waals surface area contributed by atoms with E-state index in [4.69, 9.17) is 0 Å². The van der Waals surface area contributed by atoms with E-state index in [-0.39, 0.29) is 11.6 Å². The third-order valence-corrected chi connectivity index (χ3v) is 5.63. The van der Waals surface area contributed by atoms with Crippen molar-refractivity contribution in [3.8, 4) is 11.1 Å². The lowest BCUT2D eigenvalue weighted by Gasteiger charge is -2.07. The quantitative estimate of drug-likeness (QED) is 0.222. The minimum absolute atomic E-state index is 0.123. The van der Waals surface area contributed by atoms with E-state index < -0.39 is 0 Å². The van der Waals surface area contributed by atoms with Gasteiger partial charge in [0.25, 0.3) is 0 Å². The van der Waals surface area contributed by atoms with Crippen molar-refractivity contribution in [2.75, 3.05) is 0 Å². The summed E-state index contributed by atoms with van der Waals surface area (Å²) in [5.41, 5.74) is 4.72. The van der Waals surface area contributed by atoms with Gasteiger partial charge in [0.1, 0.15) is 5.69 Å². The first kappa shape index (κ1) is 20.4. The lowest BCUT2D eigenvalue weighted by molar-refractivity contribution is 0.103. The Labute approximate surface area is 192 Å². The molecule has 3 heteroatoms. The van der Waals surface area contributed by atoms with Crippen LogP contribution in [0.25, 0.3) is 22.7 Å². The van der Waals surface area contributed by atoms with Gasteiger partial charge in [0.15, 0.2) is 5.78 Å². The molecule has 3 nitrogen and oxygen atoms in total. The largest absolute Gasteiger partial charge is 0.312 e. The van der Waals surface area contributed by atoms with E-state index in [1.165, 1.54) is 0 Å². The molecule has 3 aromatic carbocycles. The number of fused-ring (bicyclic) bond motifs is 1. The average molecular weight is 428 g/mol. The fourth-order valence-corrected chi connectivity index (χ4v) is 4.11. The van der Waals surface area contributed by atoms with Crippen LogP contribution in [0.5, 0.6) is 0 Å². The van der Waals surface area contributed by atoms with Crippen molar-refractivity contribution in [1.29, 1.82) is 0 Å². The molecular formula is C30H21NO2. The van der Waals surface area contributed by atoms with Gasteiger partial charge < -0.3 is 4.40 Å². The fourth-order valence-electron chi connectivity index (χ4n) is 4.11. The summed E-state index contributed by atoms with van der Waals surface area (Å²) in [7, 11) is 0. The molecule has 0 aliphatic carbocycles. The van der Waals surface area contributed by atoms with Crippen molar-refractivity contribution in [2.24, 2.45) is 0 Å². The molecule has 2 aromatic heterocycles. The molecule has 0 bridgehead atoms. The zero-order valence-corrected chi connectivity index (χ0v) is 17.9. The van der Waals surface area contributed by atoms with Crippen LogP contribution in [-0.2, 0) is 0 Å². The average Bonchev–Trinajstić information content (AvgIpc) is 3.24. The fraction of sp³-hybridized carbons (Fsp3) is 0. The number of aromatic nitrogens is 1. The molecule has 2 heterocycles. The molecule has 0 saturated heterocycles. The topological polar surface area (TPSA) is 38.5 Å². The van der Waals surface area contributed by atoms with Gasteiger partial charge in [-0.15, -0.1) is 0 Å². The van der Waals surface area contributed by atoms with Gasteiger partial charge in [0.05, 0.1) is 11.1 Å². The summed E-state index contributed by atoms with van der Waals surface area (Å²) >= 11 is 0. The molecule has 0 radical (unpaired) electrons. The van der Waals surface area contributed by atoms with Gasteiger partial charge in [0.2, 0.25) is 5.78 Å². The molecule has 5 aromatic rings. The van der Waals surface area contributed by atoms with E-state index in [1.807, 2.05) is 114 Å². The minimum atomic E-state index is -0.145. The van der Waals surface area contributed by atoms with Gasteiger partial charge in [0, 0.05) is 17.3 Å². The first-order chi connectivity index (χ1) is 16.2. The number of benzene rings is 3. The number of rotatable bonds is 6. The third kappa shape index (κ3) is 3.92. The van der Waals surface area contributed by atoms with Crippen molar-refractivity contribution in [3.63, 3.8) is 0 Å². The van der Waals surface area contributed by atoms with Crippen LogP contribution < -0.4 is 0 Å². The molecule has 0 aliphatic heterocycles. The highest BCUT2D eigenvalue weighted by Gasteiger charge is 2.27. The standard InChI is InChI=1S/C30H21NO2/c32-26(20-19-22-12-4-1-5-13-22)28-25-18-10-11-21-31(25)29(27(28)23-14-6-2-7-15-23)30(33)24-16-8-3-9-17-24/h1-21H/b20-19+. The van der Waals surface area contributed by atoms with E-state index in [0.29, 0.717) is 27.9 Å². The minimum Gasteiger partial charge on any atom is -0.312 e. The zero-order valence-electron chi connectivity index (χ0n) is 17.9. The molecule has 0 unspecified atom stereocenters.